The number of ether oxygens (including phenoxy) is 1. The van der Waals surface area contributed by atoms with Gasteiger partial charge in [0.2, 0.25) is 0 Å². The van der Waals surface area contributed by atoms with Crippen LogP contribution in [0.2, 0.25) is 0 Å². The Kier molecular flexibility index (Phi) is 6.20. The Morgan fingerprint density at radius 1 is 1.20 bits per heavy atom. The monoisotopic (exact) mass is 338 g/mol. The molecule has 1 aromatic carbocycles. The summed E-state index contributed by atoms with van der Waals surface area (Å²) in [5.74, 6) is 1.18. The number of pyridine rings is 1. The minimum atomic E-state index is -0.446. The molecule has 0 spiro atoms. The average molecular weight is 338 g/mol. The van der Waals surface area contributed by atoms with Crippen LogP contribution in [0.4, 0.5) is 0 Å². The first-order chi connectivity index (χ1) is 12.3. The van der Waals surface area contributed by atoms with Crippen LogP contribution in [-0.4, -0.2) is 41.7 Å². The number of hydrogen-bond acceptors (Lipinski definition) is 4. The van der Waals surface area contributed by atoms with Crippen molar-refractivity contribution in [3.8, 4) is 5.75 Å². The van der Waals surface area contributed by atoms with E-state index in [0.717, 1.165) is 43.9 Å². The van der Waals surface area contributed by atoms with Gasteiger partial charge in [0.1, 0.15) is 5.75 Å². The molecule has 2 heterocycles. The third-order valence-electron chi connectivity index (χ3n) is 4.86. The molecule has 4 nitrogen and oxygen atoms in total. The van der Waals surface area contributed by atoms with Crippen LogP contribution in [0.3, 0.4) is 0 Å². The number of rotatable bonds is 6. The van der Waals surface area contributed by atoms with Gasteiger partial charge in [0.25, 0.3) is 0 Å². The Bertz CT molecular complexity index is 662. The fraction of sp³-hybridized carbons (Fsp3) is 0.381. The molecule has 0 aliphatic carbocycles. The molecule has 1 aromatic heterocycles. The second kappa shape index (κ2) is 8.79. The van der Waals surface area contributed by atoms with Crippen LogP contribution in [-0.2, 0) is 0 Å². The zero-order valence-electron chi connectivity index (χ0n) is 14.7. The van der Waals surface area contributed by atoms with Crippen LogP contribution in [0.5, 0.6) is 5.75 Å². The summed E-state index contributed by atoms with van der Waals surface area (Å²) in [5.41, 5.74) is 1.97. The summed E-state index contributed by atoms with van der Waals surface area (Å²) in [7, 11) is 1.68. The highest BCUT2D eigenvalue weighted by Gasteiger charge is 2.26. The minimum Gasteiger partial charge on any atom is -0.497 e. The number of aliphatic hydroxyl groups excluding tert-OH is 1. The molecule has 1 N–H and O–H groups in total. The number of piperidine rings is 1. The lowest BCUT2D eigenvalue weighted by molar-refractivity contribution is 0.0592. The summed E-state index contributed by atoms with van der Waals surface area (Å²) in [4.78, 5) is 6.72. The number of benzene rings is 1. The Balaban J connectivity index is 1.45. The van der Waals surface area contributed by atoms with E-state index in [-0.39, 0.29) is 0 Å². The van der Waals surface area contributed by atoms with Crippen molar-refractivity contribution < 1.29 is 9.84 Å². The molecule has 2 aromatic rings. The van der Waals surface area contributed by atoms with E-state index in [9.17, 15) is 5.11 Å². The van der Waals surface area contributed by atoms with Crippen molar-refractivity contribution in [2.75, 3.05) is 26.7 Å². The maximum atomic E-state index is 10.5. The lowest BCUT2D eigenvalue weighted by Gasteiger charge is -2.33. The minimum absolute atomic E-state index is 0.303. The van der Waals surface area contributed by atoms with Crippen LogP contribution in [0, 0.1) is 5.92 Å². The van der Waals surface area contributed by atoms with E-state index in [1.54, 1.807) is 13.3 Å². The zero-order valence-corrected chi connectivity index (χ0v) is 14.7. The molecular formula is C21H26N2O2. The summed E-state index contributed by atoms with van der Waals surface area (Å²) in [6.45, 7) is 2.97. The van der Waals surface area contributed by atoms with Crippen molar-refractivity contribution >= 4 is 6.08 Å². The van der Waals surface area contributed by atoms with Gasteiger partial charge < -0.3 is 9.84 Å². The van der Waals surface area contributed by atoms with E-state index in [2.05, 4.69) is 34.2 Å². The molecule has 1 aliphatic rings. The molecule has 1 fully saturated rings. The third kappa shape index (κ3) is 4.91. The molecule has 0 saturated carbocycles. The van der Waals surface area contributed by atoms with Gasteiger partial charge >= 0.3 is 0 Å². The maximum Gasteiger partial charge on any atom is 0.118 e. The van der Waals surface area contributed by atoms with Crippen molar-refractivity contribution in [3.63, 3.8) is 0 Å². The van der Waals surface area contributed by atoms with E-state index >= 15 is 0 Å². The van der Waals surface area contributed by atoms with Gasteiger partial charge in [-0.05, 0) is 61.7 Å². The van der Waals surface area contributed by atoms with Crippen LogP contribution >= 0.6 is 0 Å². The van der Waals surface area contributed by atoms with Crippen molar-refractivity contribution in [2.45, 2.75) is 18.9 Å². The average Bonchev–Trinajstić information content (AvgIpc) is 2.69. The Labute approximate surface area is 149 Å². The highest BCUT2D eigenvalue weighted by atomic mass is 16.5. The third-order valence-corrected chi connectivity index (χ3v) is 4.86. The summed E-state index contributed by atoms with van der Waals surface area (Å²) in [5, 5.41) is 10.5. The lowest BCUT2D eigenvalue weighted by Crippen LogP contribution is -2.35. The second-order valence-corrected chi connectivity index (χ2v) is 6.51. The van der Waals surface area contributed by atoms with Gasteiger partial charge in [-0.3, -0.25) is 9.88 Å². The number of aliphatic hydroxyl groups is 1. The molecule has 1 aliphatic heterocycles. The number of methoxy groups -OCH3 is 1. The predicted octanol–water partition coefficient (Wildman–Crippen LogP) is 3.55. The first-order valence-electron chi connectivity index (χ1n) is 8.88. The molecule has 0 bridgehead atoms. The van der Waals surface area contributed by atoms with E-state index in [0.29, 0.717) is 5.92 Å². The standard InChI is InChI=1S/C21H26N2O2/c1-25-19-9-7-17(8-10-19)5-4-14-23-15-11-18(12-16-23)21(24)20-6-2-3-13-22-20/h2-10,13,18,21,24H,11-12,14-16H2,1H3. The van der Waals surface area contributed by atoms with Gasteiger partial charge in [0.05, 0.1) is 18.9 Å². The molecular weight excluding hydrogens is 312 g/mol. The summed E-state index contributed by atoms with van der Waals surface area (Å²) >= 11 is 0. The quantitative estimate of drug-likeness (QED) is 0.875. The first kappa shape index (κ1) is 17.6. The zero-order chi connectivity index (χ0) is 17.5. The molecule has 3 rings (SSSR count). The van der Waals surface area contributed by atoms with E-state index in [1.165, 1.54) is 5.56 Å². The largest absolute Gasteiger partial charge is 0.497 e. The Hall–Kier alpha value is -2.17. The highest BCUT2D eigenvalue weighted by molar-refractivity contribution is 5.50. The van der Waals surface area contributed by atoms with E-state index < -0.39 is 6.10 Å². The molecule has 1 saturated heterocycles. The summed E-state index contributed by atoms with van der Waals surface area (Å²) < 4.78 is 5.17. The van der Waals surface area contributed by atoms with Gasteiger partial charge in [-0.25, -0.2) is 0 Å². The van der Waals surface area contributed by atoms with Crippen molar-refractivity contribution in [1.82, 2.24) is 9.88 Å². The van der Waals surface area contributed by atoms with Crippen molar-refractivity contribution in [1.29, 1.82) is 0 Å². The van der Waals surface area contributed by atoms with Gasteiger partial charge in [-0.2, -0.15) is 0 Å². The van der Waals surface area contributed by atoms with Gasteiger partial charge in [-0.15, -0.1) is 0 Å². The molecule has 1 atom stereocenters. The Morgan fingerprint density at radius 3 is 2.60 bits per heavy atom. The van der Waals surface area contributed by atoms with Gasteiger partial charge in [0, 0.05) is 12.7 Å². The molecule has 1 unspecified atom stereocenters. The first-order valence-corrected chi connectivity index (χ1v) is 8.88. The Morgan fingerprint density at radius 2 is 1.96 bits per heavy atom. The lowest BCUT2D eigenvalue weighted by atomic mass is 9.89. The van der Waals surface area contributed by atoms with Crippen molar-refractivity contribution in [3.05, 3.63) is 66.0 Å². The van der Waals surface area contributed by atoms with E-state index in [1.807, 2.05) is 30.3 Å². The van der Waals surface area contributed by atoms with Crippen LogP contribution < -0.4 is 4.74 Å². The second-order valence-electron chi connectivity index (χ2n) is 6.51. The fourth-order valence-corrected chi connectivity index (χ4v) is 3.30. The number of hydrogen-bond donors (Lipinski definition) is 1. The predicted molar refractivity (Wildman–Crippen MR) is 100 cm³/mol. The molecule has 0 amide bonds. The van der Waals surface area contributed by atoms with E-state index in [4.69, 9.17) is 4.74 Å². The SMILES string of the molecule is COc1ccc(C=CCN2CCC(C(O)c3ccccn3)CC2)cc1. The maximum absolute atomic E-state index is 10.5. The number of aromatic nitrogens is 1. The summed E-state index contributed by atoms with van der Waals surface area (Å²) in [6, 6.07) is 13.8. The van der Waals surface area contributed by atoms with Crippen molar-refractivity contribution in [2.24, 2.45) is 5.92 Å². The van der Waals surface area contributed by atoms with Crippen LogP contribution in [0.25, 0.3) is 6.08 Å². The smallest absolute Gasteiger partial charge is 0.118 e. The normalized spacial score (nSPS) is 17.7. The van der Waals surface area contributed by atoms with Crippen LogP contribution in [0.15, 0.2) is 54.7 Å². The number of likely N-dealkylation sites (tertiary alicyclic amines) is 1. The topological polar surface area (TPSA) is 45.6 Å². The van der Waals surface area contributed by atoms with Gasteiger partial charge in [0.15, 0.2) is 0 Å². The molecule has 25 heavy (non-hydrogen) atoms. The molecule has 132 valence electrons. The fourth-order valence-electron chi connectivity index (χ4n) is 3.30. The molecule has 4 heteroatoms. The summed E-state index contributed by atoms with van der Waals surface area (Å²) in [6.07, 6.45) is 7.67. The van der Waals surface area contributed by atoms with Gasteiger partial charge in [-0.1, -0.05) is 30.4 Å². The number of nitrogens with zero attached hydrogens (tertiary/aromatic N) is 2. The van der Waals surface area contributed by atoms with Crippen LogP contribution in [0.1, 0.15) is 30.2 Å². The molecule has 0 radical (unpaired) electrons. The highest BCUT2D eigenvalue weighted by Crippen LogP contribution is 2.29.